The van der Waals surface area contributed by atoms with Crippen LogP contribution in [0.15, 0.2) is 77.8 Å². The van der Waals surface area contributed by atoms with Crippen molar-refractivity contribution in [1.29, 1.82) is 0 Å². The highest BCUT2D eigenvalue weighted by molar-refractivity contribution is 7.96. The molecule has 0 aliphatic carbocycles. The van der Waals surface area contributed by atoms with Gasteiger partial charge in [-0.25, -0.2) is 9.10 Å². The van der Waals surface area contributed by atoms with Gasteiger partial charge >= 0.3 is 5.97 Å². The smallest absolute Gasteiger partial charge is 0.349 e. The van der Waals surface area contributed by atoms with E-state index in [0.717, 1.165) is 119 Å². The Balaban J connectivity index is 1.12. The fourth-order valence-electron chi connectivity index (χ4n) is 9.21. The number of rotatable bonds is 26. The quantitative estimate of drug-likeness (QED) is 0.0201. The van der Waals surface area contributed by atoms with Gasteiger partial charge in [-0.05, 0) is 125 Å². The van der Waals surface area contributed by atoms with Crippen LogP contribution in [0.4, 0.5) is 22.7 Å². The SMILES string of the molecule is C=Nc1ccc(CSN2CCC(Nc3cccc(-c4sc(C(=O)O)c(OCC=O)c4Cl)c3)CC2(C)C)cc1NCCC(CCNC)c1ccc(N(C)C(CCC=O)C(=O)NC)c2c(C=O)cccc12. The summed E-state index contributed by atoms with van der Waals surface area (Å²) in [5.41, 5.74) is 6.77. The maximum atomic E-state index is 13.0. The molecule has 5 aromatic rings. The van der Waals surface area contributed by atoms with Gasteiger partial charge in [0.2, 0.25) is 5.91 Å². The lowest BCUT2D eigenvalue weighted by molar-refractivity contribution is -0.122. The van der Waals surface area contributed by atoms with Crippen LogP contribution in [-0.4, -0.2) is 112 Å². The van der Waals surface area contributed by atoms with Crippen molar-refractivity contribution in [2.75, 3.05) is 62.9 Å². The highest BCUT2D eigenvalue weighted by atomic mass is 35.5. The summed E-state index contributed by atoms with van der Waals surface area (Å²) in [7, 11) is 5.36. The Kier molecular flexibility index (Phi) is 18.8. The number of nitrogens with one attached hydrogen (secondary N) is 4. The molecule has 1 aliphatic heterocycles. The van der Waals surface area contributed by atoms with Crippen LogP contribution in [-0.2, 0) is 20.1 Å². The van der Waals surface area contributed by atoms with Gasteiger partial charge in [0.1, 0.15) is 24.0 Å². The molecular formula is C52H62ClN7O7S2. The van der Waals surface area contributed by atoms with E-state index >= 15 is 0 Å². The highest BCUT2D eigenvalue weighted by Crippen LogP contribution is 2.46. The second-order valence-electron chi connectivity index (χ2n) is 17.6. The third kappa shape index (κ3) is 12.7. The van der Waals surface area contributed by atoms with Gasteiger partial charge in [-0.2, -0.15) is 0 Å². The van der Waals surface area contributed by atoms with E-state index in [-0.39, 0.29) is 52.1 Å². The predicted octanol–water partition coefficient (Wildman–Crippen LogP) is 9.87. The lowest BCUT2D eigenvalue weighted by atomic mass is 9.86. The van der Waals surface area contributed by atoms with Crippen LogP contribution in [0.1, 0.15) is 89.4 Å². The van der Waals surface area contributed by atoms with E-state index in [9.17, 15) is 29.1 Å². The number of likely N-dealkylation sites (N-methyl/N-ethyl adjacent to an activating group) is 2. The molecule has 1 aromatic heterocycles. The Morgan fingerprint density at radius 2 is 1.83 bits per heavy atom. The van der Waals surface area contributed by atoms with Crippen molar-refractivity contribution in [3.05, 3.63) is 99.4 Å². The van der Waals surface area contributed by atoms with Gasteiger partial charge in [0.15, 0.2) is 23.2 Å². The number of thiophene rings is 1. The number of benzene rings is 4. The third-order valence-electron chi connectivity index (χ3n) is 12.7. The van der Waals surface area contributed by atoms with E-state index in [4.69, 9.17) is 16.3 Å². The molecule has 3 unspecified atom stereocenters. The van der Waals surface area contributed by atoms with Gasteiger partial charge in [0, 0.05) is 73.3 Å². The first-order valence-electron chi connectivity index (χ1n) is 23.0. The zero-order chi connectivity index (χ0) is 49.7. The van der Waals surface area contributed by atoms with Crippen molar-refractivity contribution >= 4 is 106 Å². The number of carboxylic acids is 1. The normalized spacial score (nSPS) is 15.4. The third-order valence-corrected chi connectivity index (χ3v) is 15.8. The maximum absolute atomic E-state index is 13.0. The molecule has 1 saturated heterocycles. The van der Waals surface area contributed by atoms with Gasteiger partial charge in [-0.1, -0.05) is 66.0 Å². The first kappa shape index (κ1) is 52.6. The lowest BCUT2D eigenvalue weighted by Crippen LogP contribution is -2.49. The fraction of sp³-hybridized carbons (Fsp3) is 0.385. The Morgan fingerprint density at radius 3 is 2.52 bits per heavy atom. The number of carbonyl (C=O) groups excluding carboxylic acids is 4. The number of piperidine rings is 1. The van der Waals surface area contributed by atoms with Crippen molar-refractivity contribution in [3.8, 4) is 16.2 Å². The average molecular weight is 997 g/mol. The summed E-state index contributed by atoms with van der Waals surface area (Å²) in [4.78, 5) is 66.5. The minimum atomic E-state index is -1.17. The van der Waals surface area contributed by atoms with Crippen LogP contribution in [0.5, 0.6) is 5.75 Å². The molecule has 0 bridgehead atoms. The number of hydrogen-bond donors (Lipinski definition) is 5. The molecule has 14 nitrogen and oxygen atoms in total. The van der Waals surface area contributed by atoms with Gasteiger partial charge in [0.05, 0.1) is 16.3 Å². The number of aldehydes is 3. The minimum absolute atomic E-state index is 0.00464. The van der Waals surface area contributed by atoms with Gasteiger partial charge in [-0.3, -0.25) is 19.4 Å². The molecule has 1 fully saturated rings. The molecule has 366 valence electrons. The number of aliphatic imine (C=N–C) groups is 1. The van der Waals surface area contributed by atoms with Crippen molar-refractivity contribution in [2.24, 2.45) is 4.99 Å². The number of amides is 1. The van der Waals surface area contributed by atoms with Gasteiger partial charge in [0.25, 0.3) is 0 Å². The minimum Gasteiger partial charge on any atom is -0.483 e. The summed E-state index contributed by atoms with van der Waals surface area (Å²) in [6, 6.07) is 23.5. The number of carboxylic acid groups (broad SMARTS) is 1. The second-order valence-corrected chi connectivity index (χ2v) is 20.0. The van der Waals surface area contributed by atoms with E-state index in [1.807, 2.05) is 79.5 Å². The molecule has 0 saturated carbocycles. The first-order chi connectivity index (χ1) is 33.3. The van der Waals surface area contributed by atoms with E-state index in [2.05, 4.69) is 69.3 Å². The summed E-state index contributed by atoms with van der Waals surface area (Å²) in [6.07, 6.45) is 6.27. The van der Waals surface area contributed by atoms with E-state index in [0.29, 0.717) is 29.7 Å². The summed E-state index contributed by atoms with van der Waals surface area (Å²) in [5, 5.41) is 25.1. The number of ether oxygens (including phenoxy) is 1. The van der Waals surface area contributed by atoms with Crippen molar-refractivity contribution < 1.29 is 33.8 Å². The van der Waals surface area contributed by atoms with Gasteiger partial charge in [-0.15, -0.1) is 11.3 Å². The second kappa shape index (κ2) is 24.7. The van der Waals surface area contributed by atoms with Crippen LogP contribution < -0.4 is 30.9 Å². The Bertz CT molecular complexity index is 2640. The predicted molar refractivity (Wildman–Crippen MR) is 283 cm³/mol. The van der Waals surface area contributed by atoms with E-state index in [1.54, 1.807) is 13.1 Å². The molecule has 17 heteroatoms. The first-order valence-corrected chi connectivity index (χ1v) is 25.2. The summed E-state index contributed by atoms with van der Waals surface area (Å²) in [5.74, 6) is -0.477. The Hall–Kier alpha value is -5.78. The number of hydrogen-bond acceptors (Lipinski definition) is 14. The summed E-state index contributed by atoms with van der Waals surface area (Å²) in [6.45, 7) is 10.4. The Morgan fingerprint density at radius 1 is 1.04 bits per heavy atom. The van der Waals surface area contributed by atoms with Crippen molar-refractivity contribution in [2.45, 2.75) is 81.7 Å². The monoisotopic (exact) mass is 995 g/mol. The van der Waals surface area contributed by atoms with Crippen LogP contribution in [0.2, 0.25) is 5.02 Å². The largest absolute Gasteiger partial charge is 0.483 e. The maximum Gasteiger partial charge on any atom is 0.349 e. The number of aromatic carboxylic acids is 1. The fourth-order valence-corrected chi connectivity index (χ4v) is 11.8. The van der Waals surface area contributed by atoms with Crippen LogP contribution >= 0.6 is 34.9 Å². The molecule has 2 heterocycles. The highest BCUT2D eigenvalue weighted by Gasteiger charge is 2.35. The van der Waals surface area contributed by atoms with E-state index in [1.165, 1.54) is 0 Å². The van der Waals surface area contributed by atoms with Crippen LogP contribution in [0, 0.1) is 0 Å². The van der Waals surface area contributed by atoms with E-state index < -0.39 is 12.0 Å². The molecule has 1 amide bonds. The number of anilines is 3. The zero-order valence-electron chi connectivity index (χ0n) is 39.8. The van der Waals surface area contributed by atoms with Crippen molar-refractivity contribution in [1.82, 2.24) is 14.9 Å². The number of halogens is 1. The molecule has 3 atom stereocenters. The number of fused-ring (bicyclic) bond motifs is 1. The molecule has 4 aromatic carbocycles. The van der Waals surface area contributed by atoms with Gasteiger partial charge < -0.3 is 40.8 Å². The molecule has 0 spiro atoms. The molecule has 1 aliphatic rings. The topological polar surface area (TPSA) is 182 Å². The zero-order valence-corrected chi connectivity index (χ0v) is 42.2. The molecular weight excluding hydrogens is 934 g/mol. The summed E-state index contributed by atoms with van der Waals surface area (Å²) < 4.78 is 7.86. The number of carbonyl (C=O) groups is 5. The van der Waals surface area contributed by atoms with Crippen LogP contribution in [0.3, 0.4) is 0 Å². The molecule has 69 heavy (non-hydrogen) atoms. The lowest BCUT2D eigenvalue weighted by Gasteiger charge is -2.45. The van der Waals surface area contributed by atoms with Crippen LogP contribution in [0.25, 0.3) is 21.2 Å². The Labute approximate surface area is 417 Å². The number of nitrogens with zero attached hydrogens (tertiary/aromatic N) is 3. The summed E-state index contributed by atoms with van der Waals surface area (Å²) >= 11 is 9.45. The standard InChI is InChI=1S/C52H62ClN7O7S2/c1-52(2)30-38(58-37-12-7-10-35(29-37)48-46(53)47(67-27-26-62)49(69-48)51(65)66)21-24-60(52)68-32-33-15-17-41(55-4)42(28-33)57-23-20-34(19-22-54-3)39-16-18-43(45-36(31-63)11-8-13-40(39)45)59(6)44(14-9-25-61)50(64)56-5/h7-8,10-13,15-18,25-26,28-29,31,34,38,44,54,57-58H,4,9,14,19-24,27,30,32H2,1-3,5-6H3,(H,56,64)(H,65,66). The average Bonchev–Trinajstić information content (AvgIpc) is 3.68. The molecule has 0 radical (unpaired) electrons. The molecule has 5 N–H and O–H groups in total. The van der Waals surface area contributed by atoms with Crippen molar-refractivity contribution in [3.63, 3.8) is 0 Å². The molecule has 6 rings (SSSR count).